The number of rotatable bonds is 12. The van der Waals surface area contributed by atoms with Crippen LogP contribution in [0.5, 0.6) is 0 Å². The van der Waals surface area contributed by atoms with Crippen molar-refractivity contribution in [2.75, 3.05) is 34.5 Å². The third-order valence-electron chi connectivity index (χ3n) is 7.57. The van der Waals surface area contributed by atoms with Gasteiger partial charge >= 0.3 is 0 Å². The van der Waals surface area contributed by atoms with Crippen molar-refractivity contribution in [2.24, 2.45) is 35.5 Å². The third kappa shape index (κ3) is 12.0. The van der Waals surface area contributed by atoms with E-state index in [2.05, 4.69) is 75.8 Å². The van der Waals surface area contributed by atoms with Gasteiger partial charge in [-0.3, -0.25) is 0 Å². The second kappa shape index (κ2) is 19.4. The average molecular weight is 529 g/mol. The van der Waals surface area contributed by atoms with E-state index in [4.69, 9.17) is 0 Å². The fraction of sp³-hybridized carbons (Fsp3) is 1.00. The molecule has 6 atom stereocenters. The summed E-state index contributed by atoms with van der Waals surface area (Å²) in [6.45, 7) is 0. The molecular formula is C24H48S6. The molecule has 0 nitrogen and oxygen atoms in total. The van der Waals surface area contributed by atoms with E-state index in [9.17, 15) is 0 Å². The van der Waals surface area contributed by atoms with Crippen molar-refractivity contribution in [3.63, 3.8) is 0 Å². The van der Waals surface area contributed by atoms with Crippen molar-refractivity contribution in [3.05, 3.63) is 0 Å². The molecule has 0 radical (unpaired) electrons. The van der Waals surface area contributed by atoms with E-state index < -0.39 is 0 Å². The van der Waals surface area contributed by atoms with E-state index in [0.717, 1.165) is 70.0 Å². The second-order valence-corrected chi connectivity index (χ2v) is 12.2. The Morgan fingerprint density at radius 2 is 0.667 bits per heavy atom. The summed E-state index contributed by atoms with van der Waals surface area (Å²) in [5.74, 6) is 11.8. The lowest BCUT2D eigenvalue weighted by Crippen LogP contribution is -2.26. The number of hydrogen-bond acceptors (Lipinski definition) is 6. The van der Waals surface area contributed by atoms with E-state index in [0.29, 0.717) is 0 Å². The summed E-state index contributed by atoms with van der Waals surface area (Å²) in [6, 6.07) is 0. The Hall–Kier alpha value is 2.10. The summed E-state index contributed by atoms with van der Waals surface area (Å²) in [7, 11) is 0. The highest BCUT2D eigenvalue weighted by atomic mass is 32.1. The van der Waals surface area contributed by atoms with Crippen LogP contribution in [0.4, 0.5) is 0 Å². The molecule has 2 aliphatic carbocycles. The quantitative estimate of drug-likeness (QED) is 0.136. The van der Waals surface area contributed by atoms with Gasteiger partial charge < -0.3 is 0 Å². The van der Waals surface area contributed by atoms with Crippen LogP contribution in [0.1, 0.15) is 77.0 Å². The van der Waals surface area contributed by atoms with Gasteiger partial charge in [0.2, 0.25) is 0 Å². The zero-order chi connectivity index (χ0) is 22.2. The highest BCUT2D eigenvalue weighted by Gasteiger charge is 2.29. The number of hydrogen-bond donors (Lipinski definition) is 6. The maximum atomic E-state index is 4.39. The maximum absolute atomic E-state index is 4.39. The molecule has 180 valence electrons. The molecule has 6 unspecified atom stereocenters. The van der Waals surface area contributed by atoms with Gasteiger partial charge in [-0.2, -0.15) is 75.8 Å². The van der Waals surface area contributed by atoms with Gasteiger partial charge in [-0.15, -0.1) is 0 Å². The Morgan fingerprint density at radius 1 is 0.367 bits per heavy atom. The molecule has 0 aromatic rings. The molecule has 6 heteroatoms. The summed E-state index contributed by atoms with van der Waals surface area (Å²) in [4.78, 5) is 0. The Kier molecular flexibility index (Phi) is 19.5. The molecule has 0 bridgehead atoms. The Bertz CT molecular complexity index is 358. The van der Waals surface area contributed by atoms with Gasteiger partial charge in [0.15, 0.2) is 0 Å². The molecule has 0 heterocycles. The predicted octanol–water partition coefficient (Wildman–Crippen LogP) is 7.96. The molecule has 0 aliphatic heterocycles. The van der Waals surface area contributed by atoms with Crippen LogP contribution in [-0.4, -0.2) is 34.5 Å². The molecule has 0 spiro atoms. The van der Waals surface area contributed by atoms with Crippen molar-refractivity contribution < 1.29 is 0 Å². The van der Waals surface area contributed by atoms with Crippen molar-refractivity contribution in [2.45, 2.75) is 77.0 Å². The third-order valence-corrected chi connectivity index (χ3v) is 9.12. The van der Waals surface area contributed by atoms with Crippen molar-refractivity contribution in [3.8, 4) is 0 Å². The van der Waals surface area contributed by atoms with E-state index in [-0.39, 0.29) is 0 Å². The monoisotopic (exact) mass is 528 g/mol. The average Bonchev–Trinajstić information content (AvgIpc) is 2.73. The highest BCUT2D eigenvalue weighted by Crippen LogP contribution is 2.40. The number of thiol groups is 6. The maximum Gasteiger partial charge on any atom is -0.00952 e. The topological polar surface area (TPSA) is 0 Å². The molecule has 2 saturated carbocycles. The predicted molar refractivity (Wildman–Crippen MR) is 159 cm³/mol. The summed E-state index contributed by atoms with van der Waals surface area (Å²) in [5.41, 5.74) is 0. The first-order valence-electron chi connectivity index (χ1n) is 12.3. The minimum Gasteiger partial charge on any atom is -0.179 e. The van der Waals surface area contributed by atoms with Crippen LogP contribution < -0.4 is 0 Å². The fourth-order valence-electron chi connectivity index (χ4n) is 5.87. The van der Waals surface area contributed by atoms with Crippen LogP contribution >= 0.6 is 75.8 Å². The summed E-state index contributed by atoms with van der Waals surface area (Å²) in [6.07, 6.45) is 16.3. The summed E-state index contributed by atoms with van der Waals surface area (Å²) in [5, 5.41) is 0. The fourth-order valence-corrected chi connectivity index (χ4v) is 7.92. The van der Waals surface area contributed by atoms with Gasteiger partial charge in [0, 0.05) is 0 Å². The molecule has 0 N–H and O–H groups in total. The van der Waals surface area contributed by atoms with Gasteiger partial charge in [-0.25, -0.2) is 0 Å². The van der Waals surface area contributed by atoms with Crippen LogP contribution in [0.15, 0.2) is 0 Å². The first-order chi connectivity index (χ1) is 14.6. The summed E-state index contributed by atoms with van der Waals surface area (Å²) < 4.78 is 0. The zero-order valence-electron chi connectivity index (χ0n) is 18.9. The van der Waals surface area contributed by atoms with Gasteiger partial charge in [0.25, 0.3) is 0 Å². The lowest BCUT2D eigenvalue weighted by Gasteiger charge is -2.36. The highest BCUT2D eigenvalue weighted by molar-refractivity contribution is 7.81. The van der Waals surface area contributed by atoms with Gasteiger partial charge in [-0.05, 0) is 134 Å². The second-order valence-electron chi connectivity index (χ2n) is 9.47. The first kappa shape index (κ1) is 30.1. The van der Waals surface area contributed by atoms with Crippen LogP contribution in [0, 0.1) is 35.5 Å². The summed E-state index contributed by atoms with van der Waals surface area (Å²) >= 11 is 26.2. The van der Waals surface area contributed by atoms with Crippen LogP contribution in [0.2, 0.25) is 0 Å². The molecular weight excluding hydrogens is 481 g/mol. The van der Waals surface area contributed by atoms with Gasteiger partial charge in [0.1, 0.15) is 0 Å². The zero-order valence-corrected chi connectivity index (χ0v) is 24.2. The Labute approximate surface area is 221 Å². The van der Waals surface area contributed by atoms with E-state index in [1.807, 2.05) is 0 Å². The van der Waals surface area contributed by atoms with Crippen molar-refractivity contribution in [1.82, 2.24) is 0 Å². The van der Waals surface area contributed by atoms with Gasteiger partial charge in [0.05, 0.1) is 0 Å². The normalized spacial score (nSPS) is 31.8. The lowest BCUT2D eigenvalue weighted by molar-refractivity contribution is 0.169. The van der Waals surface area contributed by atoms with Crippen LogP contribution in [-0.2, 0) is 0 Å². The first-order valence-corrected chi connectivity index (χ1v) is 16.1. The molecule has 0 aromatic heterocycles. The molecule has 2 fully saturated rings. The van der Waals surface area contributed by atoms with Crippen LogP contribution in [0.3, 0.4) is 0 Å². The minimum atomic E-state index is 0.910. The van der Waals surface area contributed by atoms with Crippen molar-refractivity contribution in [1.29, 1.82) is 0 Å². The molecule has 0 saturated heterocycles. The van der Waals surface area contributed by atoms with E-state index in [1.165, 1.54) is 77.0 Å². The molecule has 30 heavy (non-hydrogen) atoms. The Balaban J connectivity index is 0.000000300. The van der Waals surface area contributed by atoms with Gasteiger partial charge in [-0.1, -0.05) is 12.8 Å². The standard InChI is InChI=1S/2C12H24S3/c2*13-6-3-10-1-2-11(4-7-14)12(9-10)5-8-15/h2*10-15H,1-9H2. The lowest BCUT2D eigenvalue weighted by atomic mass is 9.71. The van der Waals surface area contributed by atoms with E-state index in [1.54, 1.807) is 0 Å². The molecule has 2 aliphatic rings. The van der Waals surface area contributed by atoms with Crippen molar-refractivity contribution >= 4 is 75.8 Å². The Morgan fingerprint density at radius 3 is 0.967 bits per heavy atom. The van der Waals surface area contributed by atoms with E-state index >= 15 is 0 Å². The molecule has 2 rings (SSSR count). The smallest absolute Gasteiger partial charge is 0.00952 e. The molecule has 0 aromatic carbocycles. The largest absolute Gasteiger partial charge is 0.179 e. The molecule has 0 amide bonds. The van der Waals surface area contributed by atoms with Crippen LogP contribution in [0.25, 0.3) is 0 Å². The minimum absolute atomic E-state index is 0.910. The SMILES string of the molecule is SCCC1CCC(CCS)C(CCS)C1.SCCC1CCC(CCS)C(CCS)C1.